The highest BCUT2D eigenvalue weighted by Gasteiger charge is 2.25. The molecule has 1 N–H and O–H groups in total. The average Bonchev–Trinajstić information content (AvgIpc) is 2.88. The number of hydrogen-bond acceptors (Lipinski definition) is 8. The van der Waals surface area contributed by atoms with Crippen molar-refractivity contribution < 1.29 is 28.1 Å². The lowest BCUT2D eigenvalue weighted by Gasteiger charge is -2.18. The first-order valence-electron chi connectivity index (χ1n) is 10.4. The average molecular weight is 463 g/mol. The summed E-state index contributed by atoms with van der Waals surface area (Å²) in [5.41, 5.74) is 1.71. The van der Waals surface area contributed by atoms with Crippen LogP contribution in [-0.2, 0) is 0 Å². The summed E-state index contributed by atoms with van der Waals surface area (Å²) < 4.78 is 33.7. The molecule has 3 aromatic carbocycles. The third kappa shape index (κ3) is 3.94. The summed E-state index contributed by atoms with van der Waals surface area (Å²) in [6, 6.07) is 16.3. The van der Waals surface area contributed by atoms with Crippen molar-refractivity contribution in [2.24, 2.45) is 0 Å². The predicted molar refractivity (Wildman–Crippen MR) is 130 cm³/mol. The fourth-order valence-electron chi connectivity index (χ4n) is 3.75. The Hall–Kier alpha value is -4.33. The van der Waals surface area contributed by atoms with Crippen molar-refractivity contribution >= 4 is 22.3 Å². The minimum absolute atomic E-state index is 0.0360. The van der Waals surface area contributed by atoms with Crippen LogP contribution in [0.1, 0.15) is 0 Å². The topological polar surface area (TPSA) is 88.4 Å². The van der Waals surface area contributed by atoms with Crippen LogP contribution in [0.15, 0.2) is 63.8 Å². The second-order valence-corrected chi connectivity index (χ2v) is 7.21. The van der Waals surface area contributed by atoms with Crippen molar-refractivity contribution in [2.75, 3.05) is 40.9 Å². The summed E-state index contributed by atoms with van der Waals surface area (Å²) in [4.78, 5) is 13.6. The maximum atomic E-state index is 13.6. The summed E-state index contributed by atoms with van der Waals surface area (Å²) in [6.07, 6.45) is 0. The van der Waals surface area contributed by atoms with Crippen molar-refractivity contribution in [3.05, 3.63) is 64.8 Å². The number of fused-ring (bicyclic) bond motifs is 1. The second kappa shape index (κ2) is 9.66. The normalized spacial score (nSPS) is 10.6. The van der Waals surface area contributed by atoms with Gasteiger partial charge in [0, 0.05) is 17.3 Å². The SMILES string of the molecule is COc1ccc(-c2oc3c(Nc4ccccc4)c(OC)cc(OC)c3c(=O)c2OC)cc1OC. The zero-order valence-electron chi connectivity index (χ0n) is 19.6. The molecule has 0 saturated carbocycles. The third-order valence-electron chi connectivity index (χ3n) is 5.39. The summed E-state index contributed by atoms with van der Waals surface area (Å²) in [7, 11) is 7.52. The molecule has 0 saturated heterocycles. The Morgan fingerprint density at radius 3 is 2.00 bits per heavy atom. The predicted octanol–water partition coefficient (Wildman–Crippen LogP) is 5.25. The molecule has 0 atom stereocenters. The molecule has 0 spiro atoms. The summed E-state index contributed by atoms with van der Waals surface area (Å²) in [6.45, 7) is 0. The van der Waals surface area contributed by atoms with Gasteiger partial charge in [-0.1, -0.05) is 18.2 Å². The van der Waals surface area contributed by atoms with Gasteiger partial charge in [0.15, 0.2) is 22.8 Å². The highest BCUT2D eigenvalue weighted by Crippen LogP contribution is 2.44. The number of benzene rings is 3. The molecule has 0 aliphatic carbocycles. The maximum absolute atomic E-state index is 13.6. The Labute approximate surface area is 196 Å². The molecular formula is C26H25NO7. The molecule has 4 rings (SSSR count). The zero-order valence-corrected chi connectivity index (χ0v) is 19.6. The van der Waals surface area contributed by atoms with E-state index in [2.05, 4.69) is 5.32 Å². The maximum Gasteiger partial charge on any atom is 0.239 e. The van der Waals surface area contributed by atoms with Crippen molar-refractivity contribution in [1.29, 1.82) is 0 Å². The summed E-state index contributed by atoms with van der Waals surface area (Å²) >= 11 is 0. The Balaban J connectivity index is 2.07. The lowest BCUT2D eigenvalue weighted by molar-refractivity contribution is 0.355. The van der Waals surface area contributed by atoms with Gasteiger partial charge in [-0.25, -0.2) is 0 Å². The van der Waals surface area contributed by atoms with E-state index in [1.54, 1.807) is 31.4 Å². The fraction of sp³-hybridized carbons (Fsp3) is 0.192. The summed E-state index contributed by atoms with van der Waals surface area (Å²) in [5, 5.41) is 3.53. The molecule has 1 aromatic heterocycles. The molecular weight excluding hydrogens is 438 g/mol. The van der Waals surface area contributed by atoms with Gasteiger partial charge in [-0.05, 0) is 30.3 Å². The van der Waals surface area contributed by atoms with Crippen LogP contribution in [0.5, 0.6) is 28.7 Å². The minimum Gasteiger partial charge on any atom is -0.496 e. The number of anilines is 2. The number of hydrogen-bond donors (Lipinski definition) is 1. The van der Waals surface area contributed by atoms with Gasteiger partial charge in [0.1, 0.15) is 22.6 Å². The number of nitrogens with one attached hydrogen (secondary N) is 1. The Morgan fingerprint density at radius 2 is 1.38 bits per heavy atom. The molecule has 0 amide bonds. The Kier molecular flexibility index (Phi) is 6.49. The van der Waals surface area contributed by atoms with Gasteiger partial charge in [-0.15, -0.1) is 0 Å². The van der Waals surface area contributed by atoms with E-state index in [0.29, 0.717) is 34.2 Å². The van der Waals surface area contributed by atoms with Gasteiger partial charge < -0.3 is 33.4 Å². The smallest absolute Gasteiger partial charge is 0.239 e. The first kappa shape index (κ1) is 22.8. The van der Waals surface area contributed by atoms with Crippen molar-refractivity contribution in [2.45, 2.75) is 0 Å². The lowest BCUT2D eigenvalue weighted by Crippen LogP contribution is -2.10. The molecule has 1 heterocycles. The monoisotopic (exact) mass is 463 g/mol. The molecule has 0 bridgehead atoms. The standard InChI is InChI=1S/C26H25NO7/c1-29-17-12-11-15(13-18(17)30-2)24-26(33-5)23(28)21-19(31-3)14-20(32-4)22(25(21)34-24)27-16-9-7-6-8-10-16/h6-14,27H,1-5H3. The van der Waals surface area contributed by atoms with Crippen LogP contribution in [0, 0.1) is 0 Å². The number of para-hydroxylation sites is 1. The first-order chi connectivity index (χ1) is 16.6. The molecule has 34 heavy (non-hydrogen) atoms. The zero-order chi connectivity index (χ0) is 24.2. The molecule has 176 valence electrons. The van der Waals surface area contributed by atoms with E-state index in [0.717, 1.165) is 5.69 Å². The fourth-order valence-corrected chi connectivity index (χ4v) is 3.75. The molecule has 8 heteroatoms. The quantitative estimate of drug-likeness (QED) is 0.379. The highest BCUT2D eigenvalue weighted by atomic mass is 16.5. The van der Waals surface area contributed by atoms with Crippen molar-refractivity contribution in [3.63, 3.8) is 0 Å². The molecule has 0 fully saturated rings. The van der Waals surface area contributed by atoms with Gasteiger partial charge in [-0.2, -0.15) is 0 Å². The second-order valence-electron chi connectivity index (χ2n) is 7.21. The highest BCUT2D eigenvalue weighted by molar-refractivity contribution is 5.99. The molecule has 4 aromatic rings. The van der Waals surface area contributed by atoms with E-state index in [1.165, 1.54) is 28.4 Å². The van der Waals surface area contributed by atoms with Crippen LogP contribution < -0.4 is 34.4 Å². The van der Waals surface area contributed by atoms with Crippen LogP contribution in [0.4, 0.5) is 11.4 Å². The van der Waals surface area contributed by atoms with Gasteiger partial charge in [-0.3, -0.25) is 4.79 Å². The lowest BCUT2D eigenvalue weighted by atomic mass is 10.1. The van der Waals surface area contributed by atoms with Crippen LogP contribution in [-0.4, -0.2) is 35.5 Å². The molecule has 0 radical (unpaired) electrons. The van der Waals surface area contributed by atoms with E-state index in [4.69, 9.17) is 28.1 Å². The molecule has 0 unspecified atom stereocenters. The van der Waals surface area contributed by atoms with E-state index in [1.807, 2.05) is 30.3 Å². The largest absolute Gasteiger partial charge is 0.496 e. The molecule has 0 aliphatic heterocycles. The van der Waals surface area contributed by atoms with E-state index in [9.17, 15) is 4.79 Å². The molecule has 8 nitrogen and oxygen atoms in total. The van der Waals surface area contributed by atoms with Gasteiger partial charge in [0.2, 0.25) is 11.2 Å². The third-order valence-corrected chi connectivity index (χ3v) is 5.39. The van der Waals surface area contributed by atoms with Crippen LogP contribution in [0.2, 0.25) is 0 Å². The Bertz CT molecular complexity index is 1380. The van der Waals surface area contributed by atoms with Crippen molar-refractivity contribution in [1.82, 2.24) is 0 Å². The van der Waals surface area contributed by atoms with E-state index < -0.39 is 0 Å². The first-order valence-corrected chi connectivity index (χ1v) is 10.4. The van der Waals surface area contributed by atoms with Gasteiger partial charge in [0.05, 0.1) is 35.5 Å². The van der Waals surface area contributed by atoms with Gasteiger partial charge in [0.25, 0.3) is 0 Å². The van der Waals surface area contributed by atoms with Crippen LogP contribution in [0.25, 0.3) is 22.3 Å². The van der Waals surface area contributed by atoms with E-state index in [-0.39, 0.29) is 27.9 Å². The van der Waals surface area contributed by atoms with E-state index >= 15 is 0 Å². The van der Waals surface area contributed by atoms with Crippen LogP contribution in [0.3, 0.4) is 0 Å². The van der Waals surface area contributed by atoms with Crippen LogP contribution >= 0.6 is 0 Å². The summed E-state index contributed by atoms with van der Waals surface area (Å²) in [5.74, 6) is 2.04. The van der Waals surface area contributed by atoms with Gasteiger partial charge >= 0.3 is 0 Å². The number of rotatable bonds is 8. The minimum atomic E-state index is -0.385. The number of methoxy groups -OCH3 is 5. The number of ether oxygens (including phenoxy) is 5. The van der Waals surface area contributed by atoms with Crippen molar-refractivity contribution in [3.8, 4) is 40.1 Å². The molecule has 0 aliphatic rings. The Morgan fingerprint density at radius 1 is 0.706 bits per heavy atom.